The molecule has 200 valence electrons. The molecule has 2 amide bonds. The van der Waals surface area contributed by atoms with Gasteiger partial charge in [0.1, 0.15) is 6.33 Å². The van der Waals surface area contributed by atoms with Crippen molar-refractivity contribution in [1.29, 1.82) is 0 Å². The largest absolute Gasteiger partial charge is 0.453 e. The van der Waals surface area contributed by atoms with Crippen LogP contribution in [-0.2, 0) is 22.5 Å². The molecule has 3 aromatic carbocycles. The molecule has 0 unspecified atom stereocenters. The minimum absolute atomic E-state index is 0.191. The van der Waals surface area contributed by atoms with Gasteiger partial charge in [0.2, 0.25) is 5.91 Å². The van der Waals surface area contributed by atoms with Gasteiger partial charge in [0.25, 0.3) is 0 Å². The molecule has 0 aliphatic heterocycles. The summed E-state index contributed by atoms with van der Waals surface area (Å²) in [5, 5.41) is 20.9. The number of nitrogens with zero attached hydrogens (tertiary/aromatic N) is 4. The lowest BCUT2D eigenvalue weighted by Crippen LogP contribution is -2.40. The summed E-state index contributed by atoms with van der Waals surface area (Å²) in [4.78, 5) is 24.2. The fourth-order valence-electron chi connectivity index (χ4n) is 3.85. The quantitative estimate of drug-likeness (QED) is 0.243. The van der Waals surface area contributed by atoms with E-state index >= 15 is 0 Å². The van der Waals surface area contributed by atoms with Crippen LogP contribution in [0.3, 0.4) is 0 Å². The highest BCUT2D eigenvalue weighted by atomic mass is 35.5. The molecule has 0 aliphatic carbocycles. The molecular weight excluding hydrogens is 518 g/mol. The van der Waals surface area contributed by atoms with Crippen LogP contribution in [0.15, 0.2) is 85.2 Å². The van der Waals surface area contributed by atoms with Crippen molar-refractivity contribution in [2.24, 2.45) is 0 Å². The molecular formula is C28H28ClN7O3. The lowest BCUT2D eigenvalue weighted by atomic mass is 10.1. The zero-order valence-corrected chi connectivity index (χ0v) is 22.0. The van der Waals surface area contributed by atoms with E-state index in [4.69, 9.17) is 11.6 Å². The molecule has 1 aromatic heterocycles. The van der Waals surface area contributed by atoms with Gasteiger partial charge in [0.05, 0.1) is 18.8 Å². The van der Waals surface area contributed by atoms with Crippen LogP contribution in [0.4, 0.5) is 10.5 Å². The van der Waals surface area contributed by atoms with Crippen molar-refractivity contribution < 1.29 is 14.3 Å². The number of amides is 2. The van der Waals surface area contributed by atoms with Crippen LogP contribution in [0.25, 0.3) is 11.8 Å². The lowest BCUT2D eigenvalue weighted by Gasteiger charge is -2.20. The summed E-state index contributed by atoms with van der Waals surface area (Å²) < 4.78 is 6.10. The van der Waals surface area contributed by atoms with Gasteiger partial charge < -0.3 is 20.7 Å². The molecule has 1 atom stereocenters. The molecule has 0 saturated heterocycles. The van der Waals surface area contributed by atoms with Gasteiger partial charge >= 0.3 is 6.09 Å². The molecule has 10 nitrogen and oxygen atoms in total. The first-order valence-electron chi connectivity index (χ1n) is 12.2. The predicted molar refractivity (Wildman–Crippen MR) is 149 cm³/mol. The normalized spacial score (nSPS) is 11.6. The molecule has 0 radical (unpaired) electrons. The van der Waals surface area contributed by atoms with E-state index in [1.54, 1.807) is 24.3 Å². The van der Waals surface area contributed by atoms with E-state index in [-0.39, 0.29) is 11.9 Å². The second-order valence-electron chi connectivity index (χ2n) is 8.61. The summed E-state index contributed by atoms with van der Waals surface area (Å²) in [7, 11) is 1.33. The lowest BCUT2D eigenvalue weighted by molar-refractivity contribution is -0.117. The van der Waals surface area contributed by atoms with Crippen molar-refractivity contribution in [2.45, 2.75) is 19.0 Å². The number of hydrogen-bond donors (Lipinski definition) is 3. The first kappa shape index (κ1) is 27.3. The molecule has 3 N–H and O–H groups in total. The molecule has 4 aromatic rings. The number of hydrogen-bond acceptors (Lipinski definition) is 7. The number of anilines is 1. The van der Waals surface area contributed by atoms with Crippen LogP contribution in [-0.4, -0.2) is 51.9 Å². The number of rotatable bonds is 11. The Morgan fingerprint density at radius 1 is 1.05 bits per heavy atom. The number of carbonyl (C=O) groups is 2. The van der Waals surface area contributed by atoms with Gasteiger partial charge in [-0.05, 0) is 64.4 Å². The van der Waals surface area contributed by atoms with Gasteiger partial charge in [0, 0.05) is 35.4 Å². The van der Waals surface area contributed by atoms with Crippen LogP contribution < -0.4 is 16.0 Å². The molecule has 0 saturated carbocycles. The maximum Gasteiger partial charge on any atom is 0.407 e. The van der Waals surface area contributed by atoms with Crippen LogP contribution in [0.5, 0.6) is 0 Å². The van der Waals surface area contributed by atoms with Crippen LogP contribution in [0.2, 0.25) is 5.02 Å². The average molecular weight is 546 g/mol. The van der Waals surface area contributed by atoms with Crippen molar-refractivity contribution in [3.8, 4) is 5.69 Å². The molecule has 39 heavy (non-hydrogen) atoms. The second kappa shape index (κ2) is 13.7. The molecule has 4 rings (SSSR count). The standard InChI is InChI=1S/C28H28ClN7O3/c1-39-28(38)31-17-21-7-11-24(12-8-21)30-18-25(15-20-5-3-2-4-6-20)33-27(37)14-9-22-16-23(29)10-13-26(22)36-19-32-34-35-36/h2-14,16,19,25,30H,15,17-18H2,1H3,(H,31,38)(H,33,37)/b14-9+/t25-/m0/s1. The predicted octanol–water partition coefficient (Wildman–Crippen LogP) is 4.02. The van der Waals surface area contributed by atoms with Crippen molar-refractivity contribution >= 4 is 35.4 Å². The number of aromatic nitrogens is 4. The highest BCUT2D eigenvalue weighted by Gasteiger charge is 2.13. The molecule has 0 aliphatic rings. The topological polar surface area (TPSA) is 123 Å². The van der Waals surface area contributed by atoms with Crippen molar-refractivity contribution in [1.82, 2.24) is 30.8 Å². The molecule has 1 heterocycles. The Morgan fingerprint density at radius 2 is 1.85 bits per heavy atom. The van der Waals surface area contributed by atoms with E-state index in [1.807, 2.05) is 54.6 Å². The smallest absolute Gasteiger partial charge is 0.407 e. The molecule has 11 heteroatoms. The summed E-state index contributed by atoms with van der Waals surface area (Å²) in [6.45, 7) is 0.870. The highest BCUT2D eigenvalue weighted by molar-refractivity contribution is 6.30. The SMILES string of the molecule is COC(=O)NCc1ccc(NC[C@H](Cc2ccccc2)NC(=O)/C=C/c2cc(Cl)ccc2-n2cnnn2)cc1. The number of ether oxygens (including phenoxy) is 1. The van der Waals surface area contributed by atoms with Crippen LogP contribution in [0, 0.1) is 0 Å². The summed E-state index contributed by atoms with van der Waals surface area (Å²) >= 11 is 6.19. The van der Waals surface area contributed by atoms with E-state index in [0.29, 0.717) is 35.8 Å². The van der Waals surface area contributed by atoms with Crippen LogP contribution >= 0.6 is 11.6 Å². The Hall–Kier alpha value is -4.70. The van der Waals surface area contributed by atoms with Gasteiger partial charge in [-0.1, -0.05) is 54.1 Å². The third-order valence-corrected chi connectivity index (χ3v) is 6.03. The monoisotopic (exact) mass is 545 g/mol. The van der Waals surface area contributed by atoms with E-state index in [9.17, 15) is 9.59 Å². The Balaban J connectivity index is 1.42. The van der Waals surface area contributed by atoms with Gasteiger partial charge in [-0.2, -0.15) is 4.68 Å². The Labute approximate surface area is 231 Å². The van der Waals surface area contributed by atoms with E-state index < -0.39 is 6.09 Å². The second-order valence-corrected chi connectivity index (χ2v) is 9.05. The summed E-state index contributed by atoms with van der Waals surface area (Å²) in [6.07, 6.45) is 4.80. The van der Waals surface area contributed by atoms with E-state index in [0.717, 1.165) is 16.8 Å². The number of methoxy groups -OCH3 is 1. The third kappa shape index (κ3) is 8.41. The number of nitrogens with one attached hydrogen (secondary N) is 3. The first-order valence-corrected chi connectivity index (χ1v) is 12.6. The summed E-state index contributed by atoms with van der Waals surface area (Å²) in [5.74, 6) is -0.246. The van der Waals surface area contributed by atoms with Crippen molar-refractivity contribution in [3.05, 3.63) is 107 Å². The molecule has 0 fully saturated rings. The number of halogens is 1. The van der Waals surface area contributed by atoms with Crippen molar-refractivity contribution in [2.75, 3.05) is 19.0 Å². The average Bonchev–Trinajstić information content (AvgIpc) is 3.49. The summed E-state index contributed by atoms with van der Waals surface area (Å²) in [6, 6.07) is 22.7. The summed E-state index contributed by atoms with van der Waals surface area (Å²) in [5.41, 5.74) is 4.33. The highest BCUT2D eigenvalue weighted by Crippen LogP contribution is 2.20. The number of alkyl carbamates (subject to hydrolysis) is 1. The zero-order valence-electron chi connectivity index (χ0n) is 21.3. The number of benzene rings is 3. The third-order valence-electron chi connectivity index (χ3n) is 5.80. The van der Waals surface area contributed by atoms with E-state index in [1.165, 1.54) is 24.2 Å². The Bertz CT molecular complexity index is 1390. The van der Waals surface area contributed by atoms with Gasteiger partial charge in [-0.25, -0.2) is 4.79 Å². The maximum absolute atomic E-state index is 13.0. The molecule has 0 spiro atoms. The van der Waals surface area contributed by atoms with Crippen LogP contribution in [0.1, 0.15) is 16.7 Å². The first-order chi connectivity index (χ1) is 19.0. The zero-order chi connectivity index (χ0) is 27.5. The van der Waals surface area contributed by atoms with Gasteiger partial charge in [-0.3, -0.25) is 4.79 Å². The fraction of sp³-hybridized carbons (Fsp3) is 0.179. The number of carbonyl (C=O) groups excluding carboxylic acids is 2. The maximum atomic E-state index is 13.0. The van der Waals surface area contributed by atoms with Crippen molar-refractivity contribution in [3.63, 3.8) is 0 Å². The van der Waals surface area contributed by atoms with Gasteiger partial charge in [-0.15, -0.1) is 5.10 Å². The minimum atomic E-state index is -0.479. The Kier molecular flexibility index (Phi) is 9.63. The fourth-order valence-corrected chi connectivity index (χ4v) is 4.04. The van der Waals surface area contributed by atoms with E-state index in [2.05, 4.69) is 36.2 Å². The minimum Gasteiger partial charge on any atom is -0.453 e. The number of tetrazole rings is 1. The van der Waals surface area contributed by atoms with Gasteiger partial charge in [0.15, 0.2) is 0 Å². The Morgan fingerprint density at radius 3 is 2.56 bits per heavy atom. The molecule has 0 bridgehead atoms.